The van der Waals surface area contributed by atoms with Crippen LogP contribution in [0.25, 0.3) is 0 Å². The smallest absolute Gasteiger partial charge is 0.249 e. The molecule has 6 heteroatoms. The molecule has 2 rings (SSSR count). The lowest BCUT2D eigenvalue weighted by Crippen LogP contribution is -2.53. The van der Waals surface area contributed by atoms with Crippen LogP contribution in [0.1, 0.15) is 18.4 Å². The zero-order chi connectivity index (χ0) is 13.8. The molecule has 0 bridgehead atoms. The molecule has 1 aliphatic rings. The molecule has 5 nitrogen and oxygen atoms in total. The highest BCUT2D eigenvalue weighted by Crippen LogP contribution is 2.21. The third-order valence-electron chi connectivity index (χ3n) is 3.30. The summed E-state index contributed by atoms with van der Waals surface area (Å²) in [6, 6.07) is 7.36. The van der Waals surface area contributed by atoms with Crippen molar-refractivity contribution in [2.24, 2.45) is 5.73 Å². The number of hydrogen-bond acceptors (Lipinski definition) is 3. The van der Waals surface area contributed by atoms with Crippen LogP contribution in [0, 0.1) is 6.92 Å². The number of nitrogens with zero attached hydrogens (tertiary/aromatic N) is 1. The molecule has 0 saturated carbocycles. The molecule has 1 saturated heterocycles. The number of nitrogens with one attached hydrogen (secondary N) is 1. The van der Waals surface area contributed by atoms with Crippen molar-refractivity contribution in [3.05, 3.63) is 29.8 Å². The predicted molar refractivity (Wildman–Crippen MR) is 81.0 cm³/mol. The van der Waals surface area contributed by atoms with Crippen molar-refractivity contribution < 1.29 is 9.59 Å². The van der Waals surface area contributed by atoms with Crippen LogP contribution in [0.2, 0.25) is 0 Å². The summed E-state index contributed by atoms with van der Waals surface area (Å²) < 4.78 is 0. The van der Waals surface area contributed by atoms with Crippen molar-refractivity contribution in [1.29, 1.82) is 0 Å². The first-order chi connectivity index (χ1) is 9.11. The van der Waals surface area contributed by atoms with E-state index in [9.17, 15) is 9.59 Å². The number of halogens is 1. The van der Waals surface area contributed by atoms with Gasteiger partial charge in [0.1, 0.15) is 6.04 Å². The number of carbonyl (C=O) groups excluding carboxylic acids is 2. The Morgan fingerprint density at radius 2 is 2.05 bits per heavy atom. The van der Waals surface area contributed by atoms with Crippen LogP contribution in [-0.4, -0.2) is 30.9 Å². The Balaban J connectivity index is 0.00000200. The van der Waals surface area contributed by atoms with E-state index in [0.29, 0.717) is 13.0 Å². The van der Waals surface area contributed by atoms with Crippen molar-refractivity contribution in [3.63, 3.8) is 0 Å². The summed E-state index contributed by atoms with van der Waals surface area (Å²) in [6.45, 7) is 2.61. The lowest BCUT2D eigenvalue weighted by molar-refractivity contribution is -0.127. The number of amides is 2. The van der Waals surface area contributed by atoms with Crippen molar-refractivity contribution in [2.45, 2.75) is 25.8 Å². The average Bonchev–Trinajstić information content (AvgIpc) is 2.42. The van der Waals surface area contributed by atoms with E-state index in [2.05, 4.69) is 5.32 Å². The van der Waals surface area contributed by atoms with Gasteiger partial charge in [-0.3, -0.25) is 9.59 Å². The summed E-state index contributed by atoms with van der Waals surface area (Å²) in [6.07, 6.45) is 1.54. The molecular formula is C14H20ClN3O2. The fraction of sp³-hybridized carbons (Fsp3) is 0.429. The Hall–Kier alpha value is -1.59. The second kappa shape index (κ2) is 7.26. The minimum Gasteiger partial charge on any atom is -0.343 e. The molecule has 1 atom stereocenters. The molecule has 20 heavy (non-hydrogen) atoms. The molecule has 110 valence electrons. The standard InChI is InChI=1S/C14H19N3O2.ClH/c1-10-4-6-11(7-5-10)17-8-2-3-12(14(17)19)16-13(18)9-15;/h4-7,12H,2-3,8-9,15H2,1H3,(H,16,18);1H. The Kier molecular flexibility index (Phi) is 5.98. The van der Waals surface area contributed by atoms with Gasteiger partial charge in [-0.2, -0.15) is 0 Å². The summed E-state index contributed by atoms with van der Waals surface area (Å²) in [4.78, 5) is 25.4. The average molecular weight is 298 g/mol. The molecule has 1 aromatic rings. The third kappa shape index (κ3) is 3.71. The normalized spacial score (nSPS) is 18.4. The van der Waals surface area contributed by atoms with E-state index in [4.69, 9.17) is 5.73 Å². The van der Waals surface area contributed by atoms with Gasteiger partial charge in [0.05, 0.1) is 6.54 Å². The van der Waals surface area contributed by atoms with Gasteiger partial charge in [-0.05, 0) is 31.9 Å². The molecule has 0 spiro atoms. The van der Waals surface area contributed by atoms with E-state index in [1.165, 1.54) is 0 Å². The number of nitrogens with two attached hydrogens (primary N) is 1. The van der Waals surface area contributed by atoms with Gasteiger partial charge in [0.2, 0.25) is 11.8 Å². The molecule has 1 fully saturated rings. The molecule has 1 unspecified atom stereocenters. The number of aryl methyl sites for hydroxylation is 1. The molecule has 0 aromatic heterocycles. The Labute approximate surface area is 124 Å². The first-order valence-corrected chi connectivity index (χ1v) is 6.49. The maximum atomic E-state index is 12.3. The summed E-state index contributed by atoms with van der Waals surface area (Å²) in [7, 11) is 0. The van der Waals surface area contributed by atoms with E-state index >= 15 is 0 Å². The summed E-state index contributed by atoms with van der Waals surface area (Å²) >= 11 is 0. The fourth-order valence-corrected chi connectivity index (χ4v) is 2.24. The molecule has 1 aromatic carbocycles. The first kappa shape index (κ1) is 16.5. The van der Waals surface area contributed by atoms with E-state index in [-0.39, 0.29) is 30.8 Å². The minimum atomic E-state index is -0.453. The highest BCUT2D eigenvalue weighted by Gasteiger charge is 2.30. The van der Waals surface area contributed by atoms with Gasteiger partial charge < -0.3 is 16.0 Å². The van der Waals surface area contributed by atoms with Gasteiger partial charge in [0.15, 0.2) is 0 Å². The van der Waals surface area contributed by atoms with Crippen LogP contribution in [0.3, 0.4) is 0 Å². The van der Waals surface area contributed by atoms with Crippen molar-refractivity contribution >= 4 is 29.9 Å². The van der Waals surface area contributed by atoms with Crippen LogP contribution in [0.15, 0.2) is 24.3 Å². The molecular weight excluding hydrogens is 278 g/mol. The molecule has 0 radical (unpaired) electrons. The maximum Gasteiger partial charge on any atom is 0.249 e. The van der Waals surface area contributed by atoms with Gasteiger partial charge in [-0.1, -0.05) is 17.7 Å². The van der Waals surface area contributed by atoms with E-state index < -0.39 is 6.04 Å². The fourth-order valence-electron chi connectivity index (χ4n) is 2.24. The zero-order valence-electron chi connectivity index (χ0n) is 11.5. The lowest BCUT2D eigenvalue weighted by Gasteiger charge is -2.32. The quantitative estimate of drug-likeness (QED) is 0.873. The minimum absolute atomic E-state index is 0. The van der Waals surface area contributed by atoms with Crippen LogP contribution >= 0.6 is 12.4 Å². The van der Waals surface area contributed by atoms with Crippen LogP contribution in [0.4, 0.5) is 5.69 Å². The first-order valence-electron chi connectivity index (χ1n) is 6.49. The highest BCUT2D eigenvalue weighted by molar-refractivity contribution is 6.00. The number of piperidine rings is 1. The number of rotatable bonds is 3. The Morgan fingerprint density at radius 1 is 1.40 bits per heavy atom. The van der Waals surface area contributed by atoms with Crippen LogP contribution in [0.5, 0.6) is 0 Å². The van der Waals surface area contributed by atoms with Crippen molar-refractivity contribution in [3.8, 4) is 0 Å². The summed E-state index contributed by atoms with van der Waals surface area (Å²) in [5, 5.41) is 2.67. The second-order valence-electron chi connectivity index (χ2n) is 4.79. The molecule has 3 N–H and O–H groups in total. The Morgan fingerprint density at radius 3 is 2.65 bits per heavy atom. The molecule has 1 heterocycles. The van der Waals surface area contributed by atoms with Gasteiger partial charge in [0.25, 0.3) is 0 Å². The largest absolute Gasteiger partial charge is 0.343 e. The van der Waals surface area contributed by atoms with E-state index in [0.717, 1.165) is 17.7 Å². The molecule has 0 aliphatic carbocycles. The molecule has 1 aliphatic heterocycles. The van der Waals surface area contributed by atoms with Crippen LogP contribution in [-0.2, 0) is 9.59 Å². The second-order valence-corrected chi connectivity index (χ2v) is 4.79. The van der Waals surface area contributed by atoms with Crippen molar-refractivity contribution in [2.75, 3.05) is 18.0 Å². The molecule has 2 amide bonds. The van der Waals surface area contributed by atoms with Gasteiger partial charge in [0, 0.05) is 12.2 Å². The van der Waals surface area contributed by atoms with Gasteiger partial charge in [-0.15, -0.1) is 12.4 Å². The van der Waals surface area contributed by atoms with Crippen LogP contribution < -0.4 is 16.0 Å². The summed E-state index contributed by atoms with van der Waals surface area (Å²) in [5.41, 5.74) is 7.29. The zero-order valence-corrected chi connectivity index (χ0v) is 12.3. The number of anilines is 1. The summed E-state index contributed by atoms with van der Waals surface area (Å²) in [5.74, 6) is -0.346. The Bertz CT molecular complexity index is 476. The van der Waals surface area contributed by atoms with E-state index in [1.807, 2.05) is 31.2 Å². The van der Waals surface area contributed by atoms with E-state index in [1.54, 1.807) is 4.90 Å². The maximum absolute atomic E-state index is 12.3. The van der Waals surface area contributed by atoms with Crippen molar-refractivity contribution in [1.82, 2.24) is 5.32 Å². The lowest BCUT2D eigenvalue weighted by atomic mass is 10.0. The predicted octanol–water partition coefficient (Wildman–Crippen LogP) is 0.987. The highest BCUT2D eigenvalue weighted by atomic mass is 35.5. The monoisotopic (exact) mass is 297 g/mol. The van der Waals surface area contributed by atoms with Gasteiger partial charge >= 0.3 is 0 Å². The number of carbonyl (C=O) groups is 2. The number of hydrogen-bond donors (Lipinski definition) is 2. The third-order valence-corrected chi connectivity index (χ3v) is 3.30. The topological polar surface area (TPSA) is 75.4 Å². The SMILES string of the molecule is Cc1ccc(N2CCCC(NC(=O)CN)C2=O)cc1.Cl. The van der Waals surface area contributed by atoms with Gasteiger partial charge in [-0.25, -0.2) is 0 Å². The number of benzene rings is 1.